The van der Waals surface area contributed by atoms with Crippen molar-refractivity contribution in [2.75, 3.05) is 6.61 Å². The standard InChI is InChI=1S/C25H26Cl2N2O4/c1-2-32-22-14-17(12-20(27)23(22)33-15-16-8-10-18(26)11-9-16)13-21-24(30)29(25(31)28-21)19-6-4-3-5-7-19/h8-14,19H,2-7,15H2,1H3,(H,28,31)/b21-13-. The molecule has 2 fully saturated rings. The minimum absolute atomic E-state index is 0.0385. The number of ether oxygens (including phenoxy) is 2. The molecule has 8 heteroatoms. The van der Waals surface area contributed by atoms with Crippen molar-refractivity contribution in [3.8, 4) is 11.5 Å². The first-order valence-electron chi connectivity index (χ1n) is 11.2. The molecule has 1 N–H and O–H groups in total. The molecule has 1 heterocycles. The number of hydrogen-bond acceptors (Lipinski definition) is 4. The molecule has 3 amide bonds. The second kappa shape index (κ2) is 10.5. The SMILES string of the molecule is CCOc1cc(/C=C2\NC(=O)N(C3CCCCC3)C2=O)cc(Cl)c1OCc1ccc(Cl)cc1. The number of nitrogens with one attached hydrogen (secondary N) is 1. The third kappa shape index (κ3) is 5.45. The number of halogens is 2. The number of urea groups is 1. The van der Waals surface area contributed by atoms with Crippen LogP contribution in [0.5, 0.6) is 11.5 Å². The Morgan fingerprint density at radius 2 is 1.79 bits per heavy atom. The molecule has 0 atom stereocenters. The lowest BCUT2D eigenvalue weighted by Crippen LogP contribution is -2.41. The van der Waals surface area contributed by atoms with E-state index in [1.165, 1.54) is 4.90 Å². The summed E-state index contributed by atoms with van der Waals surface area (Å²) in [6.07, 6.45) is 6.55. The summed E-state index contributed by atoms with van der Waals surface area (Å²) in [6.45, 7) is 2.58. The van der Waals surface area contributed by atoms with Gasteiger partial charge in [-0.3, -0.25) is 9.69 Å². The number of hydrogen-bond donors (Lipinski definition) is 1. The Labute approximate surface area is 203 Å². The molecule has 2 aliphatic rings. The highest BCUT2D eigenvalue weighted by atomic mass is 35.5. The van der Waals surface area contributed by atoms with Crippen LogP contribution >= 0.6 is 23.2 Å². The molecule has 0 aromatic heterocycles. The third-order valence-electron chi connectivity index (χ3n) is 5.79. The lowest BCUT2D eigenvalue weighted by molar-refractivity contribution is -0.124. The molecular formula is C25H26Cl2N2O4. The summed E-state index contributed by atoms with van der Waals surface area (Å²) in [6, 6.07) is 10.4. The molecule has 0 radical (unpaired) electrons. The van der Waals surface area contributed by atoms with Crippen LogP contribution in [0, 0.1) is 0 Å². The quantitative estimate of drug-likeness (QED) is 0.372. The number of carbonyl (C=O) groups is 2. The molecule has 1 saturated carbocycles. The van der Waals surface area contributed by atoms with Crippen LogP contribution in [0.4, 0.5) is 4.79 Å². The molecule has 0 spiro atoms. The number of nitrogens with zero attached hydrogens (tertiary/aromatic N) is 1. The van der Waals surface area contributed by atoms with Gasteiger partial charge in [-0.15, -0.1) is 0 Å². The van der Waals surface area contributed by atoms with E-state index in [4.69, 9.17) is 32.7 Å². The fourth-order valence-corrected chi connectivity index (χ4v) is 4.60. The Hall–Kier alpha value is -2.70. The summed E-state index contributed by atoms with van der Waals surface area (Å²) in [7, 11) is 0. The van der Waals surface area contributed by atoms with E-state index < -0.39 is 0 Å². The molecule has 6 nitrogen and oxygen atoms in total. The van der Waals surface area contributed by atoms with E-state index in [1.54, 1.807) is 30.3 Å². The van der Waals surface area contributed by atoms with Crippen LogP contribution in [0.15, 0.2) is 42.1 Å². The van der Waals surface area contributed by atoms with Gasteiger partial charge < -0.3 is 14.8 Å². The van der Waals surface area contributed by atoms with E-state index in [0.29, 0.717) is 40.3 Å². The van der Waals surface area contributed by atoms with Crippen molar-refractivity contribution >= 4 is 41.2 Å². The second-order valence-corrected chi connectivity index (χ2v) is 8.98. The van der Waals surface area contributed by atoms with Crippen LogP contribution in [0.1, 0.15) is 50.2 Å². The molecule has 0 bridgehead atoms. The molecule has 4 rings (SSSR count). The van der Waals surface area contributed by atoms with E-state index in [1.807, 2.05) is 19.1 Å². The van der Waals surface area contributed by atoms with Gasteiger partial charge in [0.05, 0.1) is 11.6 Å². The third-order valence-corrected chi connectivity index (χ3v) is 6.32. The van der Waals surface area contributed by atoms with Crippen molar-refractivity contribution in [1.29, 1.82) is 0 Å². The Bertz CT molecular complexity index is 1060. The van der Waals surface area contributed by atoms with Gasteiger partial charge in [-0.25, -0.2) is 4.79 Å². The highest BCUT2D eigenvalue weighted by Gasteiger charge is 2.39. The molecule has 33 heavy (non-hydrogen) atoms. The fraction of sp³-hybridized carbons (Fsp3) is 0.360. The molecule has 174 valence electrons. The van der Waals surface area contributed by atoms with Crippen LogP contribution < -0.4 is 14.8 Å². The largest absolute Gasteiger partial charge is 0.490 e. The average Bonchev–Trinajstić information content (AvgIpc) is 3.08. The van der Waals surface area contributed by atoms with Gasteiger partial charge in [0.15, 0.2) is 11.5 Å². The van der Waals surface area contributed by atoms with E-state index in [9.17, 15) is 9.59 Å². The monoisotopic (exact) mass is 488 g/mol. The fourth-order valence-electron chi connectivity index (χ4n) is 4.20. The Kier molecular flexibility index (Phi) is 7.46. The van der Waals surface area contributed by atoms with Crippen molar-refractivity contribution in [2.24, 2.45) is 0 Å². The van der Waals surface area contributed by atoms with E-state index in [2.05, 4.69) is 5.32 Å². The highest BCUT2D eigenvalue weighted by molar-refractivity contribution is 6.32. The van der Waals surface area contributed by atoms with Gasteiger partial charge in [0.2, 0.25) is 0 Å². The van der Waals surface area contributed by atoms with Crippen LogP contribution in [0.25, 0.3) is 6.08 Å². The summed E-state index contributed by atoms with van der Waals surface area (Å²) in [4.78, 5) is 26.8. The van der Waals surface area contributed by atoms with E-state index in [0.717, 1.165) is 37.7 Å². The van der Waals surface area contributed by atoms with Crippen LogP contribution in [0.2, 0.25) is 10.0 Å². The van der Waals surface area contributed by atoms with Crippen LogP contribution in [0.3, 0.4) is 0 Å². The van der Waals surface area contributed by atoms with Gasteiger partial charge in [0.1, 0.15) is 12.3 Å². The number of imide groups is 1. The molecule has 0 unspecified atom stereocenters. The van der Waals surface area contributed by atoms with Gasteiger partial charge in [-0.05, 0) is 61.2 Å². The van der Waals surface area contributed by atoms with E-state index in [-0.39, 0.29) is 23.7 Å². The predicted molar refractivity (Wildman–Crippen MR) is 129 cm³/mol. The maximum absolute atomic E-state index is 12.9. The Morgan fingerprint density at radius 1 is 1.06 bits per heavy atom. The lowest BCUT2D eigenvalue weighted by atomic mass is 9.94. The van der Waals surface area contributed by atoms with Crippen molar-refractivity contribution in [3.63, 3.8) is 0 Å². The lowest BCUT2D eigenvalue weighted by Gasteiger charge is -2.28. The molecule has 1 aliphatic heterocycles. The van der Waals surface area contributed by atoms with Gasteiger partial charge >= 0.3 is 6.03 Å². The maximum atomic E-state index is 12.9. The first kappa shape index (κ1) is 23.5. The first-order chi connectivity index (χ1) is 16.0. The zero-order chi connectivity index (χ0) is 23.4. The minimum atomic E-state index is -0.364. The molecule has 2 aromatic rings. The summed E-state index contributed by atoms with van der Waals surface area (Å²) in [5, 5.41) is 3.71. The molecular weight excluding hydrogens is 463 g/mol. The van der Waals surface area contributed by atoms with Gasteiger partial charge in [0, 0.05) is 11.1 Å². The minimum Gasteiger partial charge on any atom is -0.490 e. The molecule has 1 saturated heterocycles. The van der Waals surface area contributed by atoms with Crippen molar-refractivity contribution in [3.05, 3.63) is 63.3 Å². The second-order valence-electron chi connectivity index (χ2n) is 8.13. The summed E-state index contributed by atoms with van der Waals surface area (Å²) in [5.74, 6) is 0.581. The smallest absolute Gasteiger partial charge is 0.329 e. The highest BCUT2D eigenvalue weighted by Crippen LogP contribution is 2.38. The van der Waals surface area contributed by atoms with Gasteiger partial charge in [0.25, 0.3) is 5.91 Å². The van der Waals surface area contributed by atoms with Crippen molar-refractivity contribution < 1.29 is 19.1 Å². The van der Waals surface area contributed by atoms with Crippen LogP contribution in [-0.4, -0.2) is 29.5 Å². The summed E-state index contributed by atoms with van der Waals surface area (Å²) >= 11 is 12.5. The van der Waals surface area contributed by atoms with Crippen molar-refractivity contribution in [1.82, 2.24) is 10.2 Å². The number of rotatable bonds is 7. The normalized spacial score (nSPS) is 18.0. The zero-order valence-electron chi connectivity index (χ0n) is 18.4. The van der Waals surface area contributed by atoms with Crippen LogP contribution in [-0.2, 0) is 11.4 Å². The molecule has 2 aromatic carbocycles. The number of carbonyl (C=O) groups excluding carboxylic acids is 2. The number of benzene rings is 2. The zero-order valence-corrected chi connectivity index (χ0v) is 19.9. The number of amides is 3. The topological polar surface area (TPSA) is 67.9 Å². The predicted octanol–water partition coefficient (Wildman–Crippen LogP) is 6.20. The average molecular weight is 489 g/mol. The Morgan fingerprint density at radius 3 is 2.48 bits per heavy atom. The first-order valence-corrected chi connectivity index (χ1v) is 11.9. The molecule has 1 aliphatic carbocycles. The van der Waals surface area contributed by atoms with Crippen molar-refractivity contribution in [2.45, 2.75) is 51.7 Å². The maximum Gasteiger partial charge on any atom is 0.329 e. The Balaban J connectivity index is 1.55. The summed E-state index contributed by atoms with van der Waals surface area (Å²) < 4.78 is 11.7. The summed E-state index contributed by atoms with van der Waals surface area (Å²) in [5.41, 5.74) is 1.81. The van der Waals surface area contributed by atoms with Gasteiger partial charge in [-0.1, -0.05) is 54.6 Å². The van der Waals surface area contributed by atoms with Gasteiger partial charge in [-0.2, -0.15) is 0 Å². The van der Waals surface area contributed by atoms with E-state index >= 15 is 0 Å².